The second-order valence-electron chi connectivity index (χ2n) is 3.20. The lowest BCUT2D eigenvalue weighted by Crippen LogP contribution is -2.37. The quantitative estimate of drug-likeness (QED) is 0.585. The molecule has 1 aliphatic rings. The normalized spacial score (nSPS) is 21.0. The SMILES string of the molecule is O=C(O)NCC(O)C1CCOCC1. The first kappa shape index (κ1) is 10.3. The number of ether oxygens (including phenoxy) is 1. The summed E-state index contributed by atoms with van der Waals surface area (Å²) in [7, 11) is 0. The first-order chi connectivity index (χ1) is 6.20. The number of hydrogen-bond acceptors (Lipinski definition) is 3. The summed E-state index contributed by atoms with van der Waals surface area (Å²) in [6.07, 6.45) is -0.0589. The smallest absolute Gasteiger partial charge is 0.404 e. The fraction of sp³-hybridized carbons (Fsp3) is 0.875. The number of rotatable bonds is 3. The third-order valence-electron chi connectivity index (χ3n) is 2.27. The average Bonchev–Trinajstić information content (AvgIpc) is 2.15. The van der Waals surface area contributed by atoms with E-state index in [0.29, 0.717) is 13.2 Å². The molecule has 1 atom stereocenters. The topological polar surface area (TPSA) is 78.8 Å². The van der Waals surface area contributed by atoms with Gasteiger partial charge in [-0.1, -0.05) is 0 Å². The van der Waals surface area contributed by atoms with Crippen LogP contribution >= 0.6 is 0 Å². The molecule has 0 bridgehead atoms. The van der Waals surface area contributed by atoms with Crippen LogP contribution in [-0.4, -0.2) is 42.2 Å². The van der Waals surface area contributed by atoms with E-state index in [1.165, 1.54) is 0 Å². The van der Waals surface area contributed by atoms with Crippen molar-refractivity contribution < 1.29 is 19.7 Å². The van der Waals surface area contributed by atoms with Crippen molar-refractivity contribution in [2.45, 2.75) is 18.9 Å². The predicted molar refractivity (Wildman–Crippen MR) is 45.6 cm³/mol. The Labute approximate surface area is 76.7 Å². The molecule has 1 heterocycles. The van der Waals surface area contributed by atoms with E-state index in [2.05, 4.69) is 5.32 Å². The first-order valence-corrected chi connectivity index (χ1v) is 4.42. The monoisotopic (exact) mass is 189 g/mol. The van der Waals surface area contributed by atoms with Crippen molar-refractivity contribution in [3.63, 3.8) is 0 Å². The van der Waals surface area contributed by atoms with Gasteiger partial charge in [0.15, 0.2) is 0 Å². The Kier molecular flexibility index (Phi) is 3.98. The van der Waals surface area contributed by atoms with Crippen LogP contribution in [0.5, 0.6) is 0 Å². The van der Waals surface area contributed by atoms with Gasteiger partial charge in [-0.2, -0.15) is 0 Å². The van der Waals surface area contributed by atoms with Gasteiger partial charge < -0.3 is 20.3 Å². The number of carboxylic acid groups (broad SMARTS) is 1. The minimum absolute atomic E-state index is 0.111. The fourth-order valence-corrected chi connectivity index (χ4v) is 1.46. The summed E-state index contributed by atoms with van der Waals surface area (Å²) in [5.74, 6) is 0.167. The Balaban J connectivity index is 2.20. The van der Waals surface area contributed by atoms with Crippen LogP contribution in [0.3, 0.4) is 0 Å². The van der Waals surface area contributed by atoms with Crippen molar-refractivity contribution in [2.75, 3.05) is 19.8 Å². The zero-order chi connectivity index (χ0) is 9.68. The van der Waals surface area contributed by atoms with Crippen LogP contribution in [0.25, 0.3) is 0 Å². The van der Waals surface area contributed by atoms with Gasteiger partial charge in [-0.15, -0.1) is 0 Å². The Bertz CT molecular complexity index is 168. The van der Waals surface area contributed by atoms with E-state index >= 15 is 0 Å². The fourth-order valence-electron chi connectivity index (χ4n) is 1.46. The van der Waals surface area contributed by atoms with Crippen molar-refractivity contribution in [3.05, 3.63) is 0 Å². The molecule has 1 amide bonds. The van der Waals surface area contributed by atoms with Crippen LogP contribution in [0, 0.1) is 5.92 Å². The van der Waals surface area contributed by atoms with Gasteiger partial charge in [-0.3, -0.25) is 0 Å². The molecule has 76 valence electrons. The molecule has 1 saturated heterocycles. The lowest BCUT2D eigenvalue weighted by molar-refractivity contribution is 0.00891. The highest BCUT2D eigenvalue weighted by molar-refractivity contribution is 5.64. The van der Waals surface area contributed by atoms with Gasteiger partial charge >= 0.3 is 6.09 Å². The number of nitrogens with one attached hydrogen (secondary N) is 1. The first-order valence-electron chi connectivity index (χ1n) is 4.42. The highest BCUT2D eigenvalue weighted by Crippen LogP contribution is 2.18. The Morgan fingerprint density at radius 2 is 2.15 bits per heavy atom. The third-order valence-corrected chi connectivity index (χ3v) is 2.27. The molecule has 1 fully saturated rings. The third kappa shape index (κ3) is 3.61. The summed E-state index contributed by atoms with van der Waals surface area (Å²) in [5.41, 5.74) is 0. The van der Waals surface area contributed by atoms with Crippen molar-refractivity contribution in [1.29, 1.82) is 0 Å². The Morgan fingerprint density at radius 1 is 1.54 bits per heavy atom. The molecule has 3 N–H and O–H groups in total. The molecular formula is C8H15NO4. The molecule has 1 unspecified atom stereocenters. The molecular weight excluding hydrogens is 174 g/mol. The highest BCUT2D eigenvalue weighted by Gasteiger charge is 2.22. The molecule has 0 aromatic rings. The summed E-state index contributed by atoms with van der Waals surface area (Å²) >= 11 is 0. The highest BCUT2D eigenvalue weighted by atomic mass is 16.5. The zero-order valence-electron chi connectivity index (χ0n) is 7.40. The minimum atomic E-state index is -1.09. The largest absolute Gasteiger partial charge is 0.465 e. The average molecular weight is 189 g/mol. The number of aliphatic hydroxyl groups excluding tert-OH is 1. The van der Waals surface area contributed by atoms with E-state index in [1.54, 1.807) is 0 Å². The van der Waals surface area contributed by atoms with Crippen LogP contribution < -0.4 is 5.32 Å². The van der Waals surface area contributed by atoms with E-state index in [0.717, 1.165) is 12.8 Å². The molecule has 1 aliphatic heterocycles. The minimum Gasteiger partial charge on any atom is -0.465 e. The number of hydrogen-bond donors (Lipinski definition) is 3. The van der Waals surface area contributed by atoms with Crippen LogP contribution in [0.4, 0.5) is 4.79 Å². The van der Waals surface area contributed by atoms with Crippen molar-refractivity contribution >= 4 is 6.09 Å². The maximum atomic E-state index is 10.1. The molecule has 5 heteroatoms. The molecule has 0 radical (unpaired) electrons. The van der Waals surface area contributed by atoms with Crippen LogP contribution in [0.1, 0.15) is 12.8 Å². The predicted octanol–water partition coefficient (Wildman–Crippen LogP) is 0.0415. The standard InChI is InChI=1S/C8H15NO4/c10-7(5-9-8(11)12)6-1-3-13-4-2-6/h6-7,9-10H,1-5H2,(H,11,12). The zero-order valence-corrected chi connectivity index (χ0v) is 7.40. The van der Waals surface area contributed by atoms with Gasteiger partial charge in [0.1, 0.15) is 0 Å². The molecule has 5 nitrogen and oxygen atoms in total. The molecule has 0 saturated carbocycles. The van der Waals surface area contributed by atoms with Crippen molar-refractivity contribution in [3.8, 4) is 0 Å². The second-order valence-corrected chi connectivity index (χ2v) is 3.20. The maximum Gasteiger partial charge on any atom is 0.404 e. The molecule has 0 aliphatic carbocycles. The molecule has 13 heavy (non-hydrogen) atoms. The lowest BCUT2D eigenvalue weighted by atomic mass is 9.94. The van der Waals surface area contributed by atoms with Gasteiger partial charge in [0.2, 0.25) is 0 Å². The summed E-state index contributed by atoms with van der Waals surface area (Å²) in [5, 5.41) is 20.0. The van der Waals surface area contributed by atoms with Crippen LogP contribution in [-0.2, 0) is 4.74 Å². The van der Waals surface area contributed by atoms with E-state index < -0.39 is 12.2 Å². The molecule has 0 spiro atoms. The summed E-state index contributed by atoms with van der Waals surface area (Å²) in [6.45, 7) is 1.43. The van der Waals surface area contributed by atoms with Crippen molar-refractivity contribution in [1.82, 2.24) is 5.32 Å². The van der Waals surface area contributed by atoms with Crippen LogP contribution in [0.15, 0.2) is 0 Å². The van der Waals surface area contributed by atoms with E-state index in [9.17, 15) is 9.90 Å². The van der Waals surface area contributed by atoms with Crippen LogP contribution in [0.2, 0.25) is 0 Å². The number of aliphatic hydroxyl groups is 1. The Hall–Kier alpha value is -0.810. The summed E-state index contributed by atoms with van der Waals surface area (Å²) in [6, 6.07) is 0. The molecule has 0 aromatic heterocycles. The maximum absolute atomic E-state index is 10.1. The lowest BCUT2D eigenvalue weighted by Gasteiger charge is -2.26. The van der Waals surface area contributed by atoms with Gasteiger partial charge in [0.05, 0.1) is 6.10 Å². The van der Waals surface area contributed by atoms with E-state index in [1.807, 2.05) is 0 Å². The van der Waals surface area contributed by atoms with Gasteiger partial charge in [0.25, 0.3) is 0 Å². The van der Waals surface area contributed by atoms with Crippen molar-refractivity contribution in [2.24, 2.45) is 5.92 Å². The van der Waals surface area contributed by atoms with E-state index in [-0.39, 0.29) is 12.5 Å². The number of amides is 1. The summed E-state index contributed by atoms with van der Waals surface area (Å²) in [4.78, 5) is 10.1. The van der Waals surface area contributed by atoms with Gasteiger partial charge in [-0.05, 0) is 18.8 Å². The molecule has 1 rings (SSSR count). The summed E-state index contributed by atoms with van der Waals surface area (Å²) < 4.78 is 5.13. The second kappa shape index (κ2) is 5.04. The van der Waals surface area contributed by atoms with Gasteiger partial charge in [-0.25, -0.2) is 4.79 Å². The Morgan fingerprint density at radius 3 is 2.69 bits per heavy atom. The molecule has 0 aromatic carbocycles. The number of carbonyl (C=O) groups is 1. The van der Waals surface area contributed by atoms with E-state index in [4.69, 9.17) is 9.84 Å². The van der Waals surface area contributed by atoms with Gasteiger partial charge in [0, 0.05) is 19.8 Å².